The molecule has 224 valence electrons. The van der Waals surface area contributed by atoms with Crippen LogP contribution in [-0.4, -0.2) is 58.1 Å². The lowest BCUT2D eigenvalue weighted by Crippen LogP contribution is -2.34. The van der Waals surface area contributed by atoms with Crippen LogP contribution in [0.2, 0.25) is 0 Å². The van der Waals surface area contributed by atoms with Crippen molar-refractivity contribution in [3.05, 3.63) is 101 Å². The number of fused-ring (bicyclic) bond motifs is 1. The molecule has 0 spiro atoms. The van der Waals surface area contributed by atoms with Gasteiger partial charge in [-0.15, -0.1) is 0 Å². The number of hydrogen-bond acceptors (Lipinski definition) is 8. The zero-order valence-corrected chi connectivity index (χ0v) is 24.2. The lowest BCUT2D eigenvalue weighted by Gasteiger charge is -2.31. The number of carboxylic acid groups (broad SMARTS) is 1. The Hall–Kier alpha value is -5.15. The van der Waals surface area contributed by atoms with E-state index in [1.54, 1.807) is 49.1 Å². The van der Waals surface area contributed by atoms with Gasteiger partial charge in [-0.1, -0.05) is 6.07 Å². The van der Waals surface area contributed by atoms with Gasteiger partial charge in [-0.25, -0.2) is 24.1 Å². The first kappa shape index (κ1) is 28.9. The molecule has 0 radical (unpaired) electrons. The highest BCUT2D eigenvalue weighted by Crippen LogP contribution is 2.33. The molecule has 12 heteroatoms. The minimum Gasteiger partial charge on any atom is -0.478 e. The molecule has 6 rings (SSSR count). The second-order valence-corrected chi connectivity index (χ2v) is 10.8. The first-order valence-electron chi connectivity index (χ1n) is 14.5. The second kappa shape index (κ2) is 12.6. The summed E-state index contributed by atoms with van der Waals surface area (Å²) in [6.07, 6.45) is 8.49. The summed E-state index contributed by atoms with van der Waals surface area (Å²) in [4.78, 5) is 32.2. The van der Waals surface area contributed by atoms with E-state index in [2.05, 4.69) is 35.9 Å². The molecule has 0 atom stereocenters. The third kappa shape index (κ3) is 6.00. The van der Waals surface area contributed by atoms with Gasteiger partial charge >= 0.3 is 5.97 Å². The van der Waals surface area contributed by atoms with Crippen LogP contribution in [0.15, 0.2) is 61.3 Å². The van der Waals surface area contributed by atoms with Gasteiger partial charge < -0.3 is 19.0 Å². The van der Waals surface area contributed by atoms with E-state index in [4.69, 9.17) is 15.0 Å². The molecule has 1 aliphatic rings. The summed E-state index contributed by atoms with van der Waals surface area (Å²) in [7, 11) is 0. The van der Waals surface area contributed by atoms with Crippen molar-refractivity contribution in [2.75, 3.05) is 13.1 Å². The van der Waals surface area contributed by atoms with Crippen molar-refractivity contribution in [2.45, 2.75) is 51.9 Å². The van der Waals surface area contributed by atoms with Gasteiger partial charge in [0.15, 0.2) is 0 Å². The molecule has 0 amide bonds. The predicted molar refractivity (Wildman–Crippen MR) is 158 cm³/mol. The first-order chi connectivity index (χ1) is 21.4. The highest BCUT2D eigenvalue weighted by molar-refractivity contribution is 5.92. The number of nitrogens with zero attached hydrogens (tertiary/aromatic N) is 8. The molecule has 44 heavy (non-hydrogen) atoms. The topological polar surface area (TPSA) is 135 Å². The van der Waals surface area contributed by atoms with Crippen molar-refractivity contribution in [2.24, 2.45) is 0 Å². The maximum atomic E-state index is 14.4. The summed E-state index contributed by atoms with van der Waals surface area (Å²) in [5.41, 5.74) is 4.12. The number of aromatic carboxylic acids is 1. The summed E-state index contributed by atoms with van der Waals surface area (Å²) in [6, 6.07) is 11.3. The Morgan fingerprint density at radius 1 is 1.14 bits per heavy atom. The number of piperidine rings is 1. The first-order valence-corrected chi connectivity index (χ1v) is 14.5. The van der Waals surface area contributed by atoms with Gasteiger partial charge in [-0.3, -0.25) is 9.88 Å². The Labute approximate surface area is 253 Å². The number of imidazole rings is 2. The molecular weight excluding hydrogens is 563 g/mol. The van der Waals surface area contributed by atoms with Gasteiger partial charge in [-0.05, 0) is 63.2 Å². The number of aryl methyl sites for hydroxylation is 1. The van der Waals surface area contributed by atoms with Gasteiger partial charge in [-0.2, -0.15) is 5.26 Å². The van der Waals surface area contributed by atoms with E-state index < -0.39 is 11.8 Å². The summed E-state index contributed by atoms with van der Waals surface area (Å²) in [5.74, 6) is -0.101. The quantitative estimate of drug-likeness (QED) is 0.243. The maximum Gasteiger partial charge on any atom is 0.335 e. The zero-order chi connectivity index (χ0) is 30.6. The number of carboxylic acids is 1. The van der Waals surface area contributed by atoms with Crippen molar-refractivity contribution in [3.8, 4) is 11.9 Å². The van der Waals surface area contributed by atoms with E-state index in [1.807, 2.05) is 12.3 Å². The van der Waals surface area contributed by atoms with Crippen molar-refractivity contribution in [1.82, 2.24) is 34.0 Å². The lowest BCUT2D eigenvalue weighted by molar-refractivity contribution is 0.0697. The van der Waals surface area contributed by atoms with Crippen LogP contribution in [0.5, 0.6) is 5.88 Å². The molecule has 3 aromatic heterocycles. The number of carbonyl (C=O) groups is 1. The summed E-state index contributed by atoms with van der Waals surface area (Å²) in [6.45, 7) is 5.54. The van der Waals surface area contributed by atoms with Gasteiger partial charge in [0.2, 0.25) is 5.88 Å². The molecule has 0 bridgehead atoms. The summed E-state index contributed by atoms with van der Waals surface area (Å²) in [5, 5.41) is 18.6. The molecule has 1 aliphatic heterocycles. The maximum absolute atomic E-state index is 14.4. The van der Waals surface area contributed by atoms with Crippen LogP contribution in [0.25, 0.3) is 11.0 Å². The highest BCUT2D eigenvalue weighted by atomic mass is 19.1. The molecule has 2 aromatic carbocycles. The molecule has 0 unspecified atom stereocenters. The lowest BCUT2D eigenvalue weighted by atomic mass is 9.93. The normalized spacial score (nSPS) is 14.1. The van der Waals surface area contributed by atoms with Crippen LogP contribution in [0.4, 0.5) is 4.39 Å². The fourth-order valence-electron chi connectivity index (χ4n) is 5.70. The minimum atomic E-state index is -0.976. The fourth-order valence-corrected chi connectivity index (χ4v) is 5.70. The molecule has 0 aliphatic carbocycles. The number of likely N-dealkylation sites (tertiary alicyclic amines) is 1. The van der Waals surface area contributed by atoms with Crippen molar-refractivity contribution >= 4 is 17.0 Å². The minimum absolute atomic E-state index is 0.0151. The van der Waals surface area contributed by atoms with Crippen LogP contribution >= 0.6 is 0 Å². The Kier molecular flexibility index (Phi) is 8.29. The van der Waals surface area contributed by atoms with Crippen molar-refractivity contribution < 1.29 is 19.0 Å². The number of halogens is 1. The van der Waals surface area contributed by atoms with Crippen LogP contribution in [0, 0.1) is 17.1 Å². The average Bonchev–Trinajstić information content (AvgIpc) is 3.64. The molecule has 1 fully saturated rings. The van der Waals surface area contributed by atoms with E-state index in [0.717, 1.165) is 60.7 Å². The molecule has 1 N–H and O–H groups in total. The smallest absolute Gasteiger partial charge is 0.335 e. The van der Waals surface area contributed by atoms with Crippen LogP contribution in [0.3, 0.4) is 0 Å². The average molecular weight is 595 g/mol. The van der Waals surface area contributed by atoms with Crippen LogP contribution in [-0.2, 0) is 26.2 Å². The van der Waals surface area contributed by atoms with Crippen LogP contribution < -0.4 is 4.74 Å². The predicted octanol–water partition coefficient (Wildman–Crippen LogP) is 4.76. The Morgan fingerprint density at radius 3 is 2.70 bits per heavy atom. The van der Waals surface area contributed by atoms with Crippen molar-refractivity contribution in [1.29, 1.82) is 5.26 Å². The SMILES string of the molecule is CCn1cncc1Cn1c(CN2CCC(c3nccnc3OCc3ccc(C#N)cc3F)CC2)nc2ccc(C(=O)O)cc21. The van der Waals surface area contributed by atoms with Crippen LogP contribution in [0.1, 0.15) is 64.4 Å². The Balaban J connectivity index is 1.17. The fraction of sp³-hybridized carbons (Fsp3) is 0.312. The number of benzene rings is 2. The molecular formula is C32H31FN8O3. The number of nitriles is 1. The third-order valence-electron chi connectivity index (χ3n) is 8.11. The Bertz CT molecular complexity index is 1850. The highest BCUT2D eigenvalue weighted by Gasteiger charge is 2.27. The summed E-state index contributed by atoms with van der Waals surface area (Å²) >= 11 is 0. The van der Waals surface area contributed by atoms with Crippen molar-refractivity contribution in [3.63, 3.8) is 0 Å². The van der Waals surface area contributed by atoms with Gasteiger partial charge in [0, 0.05) is 36.6 Å². The van der Waals surface area contributed by atoms with E-state index in [9.17, 15) is 14.3 Å². The third-order valence-corrected chi connectivity index (χ3v) is 8.11. The number of aromatic nitrogens is 6. The standard InChI is InChI=1S/C32H31FN8O3/c1-2-40-20-35-16-25(40)17-41-28-14-23(32(42)43)5-6-27(28)38-29(41)18-39-11-7-22(8-12-39)30-31(37-10-9-36-30)44-19-24-4-3-21(15-34)13-26(24)33/h3-6,9-10,13-14,16,20,22H,2,7-8,11-12,17-19H2,1H3,(H,42,43). The number of hydrogen-bond donors (Lipinski definition) is 1. The molecule has 4 heterocycles. The van der Waals surface area contributed by atoms with Gasteiger partial charge in [0.05, 0.1) is 53.3 Å². The zero-order valence-electron chi connectivity index (χ0n) is 24.2. The number of ether oxygens (including phenoxy) is 1. The number of rotatable bonds is 10. The molecule has 1 saturated heterocycles. The van der Waals surface area contributed by atoms with E-state index in [1.165, 1.54) is 6.07 Å². The molecule has 0 saturated carbocycles. The molecule has 11 nitrogen and oxygen atoms in total. The summed E-state index contributed by atoms with van der Waals surface area (Å²) < 4.78 is 24.5. The molecule has 5 aromatic rings. The van der Waals surface area contributed by atoms with Gasteiger partial charge in [0.1, 0.15) is 23.9 Å². The monoisotopic (exact) mass is 594 g/mol. The van der Waals surface area contributed by atoms with E-state index in [-0.39, 0.29) is 23.7 Å². The van der Waals surface area contributed by atoms with E-state index in [0.29, 0.717) is 24.5 Å². The second-order valence-electron chi connectivity index (χ2n) is 10.8. The Morgan fingerprint density at radius 2 is 1.95 bits per heavy atom. The largest absolute Gasteiger partial charge is 0.478 e. The van der Waals surface area contributed by atoms with E-state index >= 15 is 0 Å². The van der Waals surface area contributed by atoms with Gasteiger partial charge in [0.25, 0.3) is 0 Å².